The standard InChI is InChI=1S/C14H15N3O3S2/c1-19-10-4-2-9(3-5-10)8-15-13-16-17-14(22-13)21-11-6-7-20-12(11)18/h2-5,11H,6-8H2,1H3,(H,15,16). The minimum Gasteiger partial charge on any atom is -0.497 e. The van der Waals surface area contributed by atoms with Gasteiger partial charge in [0.15, 0.2) is 4.34 Å². The lowest BCUT2D eigenvalue weighted by Crippen LogP contribution is -2.08. The molecule has 2 aromatic rings. The summed E-state index contributed by atoms with van der Waals surface area (Å²) in [5.41, 5.74) is 1.13. The molecule has 0 bridgehead atoms. The average Bonchev–Trinajstić information content (AvgIpc) is 3.16. The molecule has 1 saturated heterocycles. The molecule has 1 N–H and O–H groups in total. The van der Waals surface area contributed by atoms with E-state index < -0.39 is 0 Å². The van der Waals surface area contributed by atoms with E-state index in [4.69, 9.17) is 9.47 Å². The van der Waals surface area contributed by atoms with Gasteiger partial charge in [0.1, 0.15) is 11.0 Å². The van der Waals surface area contributed by atoms with Gasteiger partial charge < -0.3 is 14.8 Å². The van der Waals surface area contributed by atoms with Crippen LogP contribution in [0.4, 0.5) is 5.13 Å². The second-order valence-electron chi connectivity index (χ2n) is 4.64. The molecule has 1 aromatic carbocycles. The molecule has 0 spiro atoms. The highest BCUT2D eigenvalue weighted by Crippen LogP contribution is 2.33. The van der Waals surface area contributed by atoms with E-state index in [1.807, 2.05) is 24.3 Å². The minimum atomic E-state index is -0.159. The lowest BCUT2D eigenvalue weighted by atomic mass is 10.2. The summed E-state index contributed by atoms with van der Waals surface area (Å²) in [6.07, 6.45) is 0.734. The third-order valence-corrected chi connectivity index (χ3v) is 5.35. The molecule has 1 atom stereocenters. The first-order valence-corrected chi connectivity index (χ1v) is 8.48. The number of carbonyl (C=O) groups excluding carboxylic acids is 1. The Morgan fingerprint density at radius 2 is 2.23 bits per heavy atom. The summed E-state index contributed by atoms with van der Waals surface area (Å²) >= 11 is 2.87. The van der Waals surface area contributed by atoms with Gasteiger partial charge in [-0.2, -0.15) is 0 Å². The maximum absolute atomic E-state index is 11.4. The highest BCUT2D eigenvalue weighted by Gasteiger charge is 2.28. The summed E-state index contributed by atoms with van der Waals surface area (Å²) in [5.74, 6) is 0.676. The van der Waals surface area contributed by atoms with Gasteiger partial charge in [-0.3, -0.25) is 4.79 Å². The summed E-state index contributed by atoms with van der Waals surface area (Å²) in [4.78, 5) is 11.4. The third-order valence-electron chi connectivity index (χ3n) is 3.14. The van der Waals surface area contributed by atoms with Gasteiger partial charge in [0.25, 0.3) is 0 Å². The molecule has 0 radical (unpaired) electrons. The van der Waals surface area contributed by atoms with Crippen LogP contribution in [-0.4, -0.2) is 35.1 Å². The van der Waals surface area contributed by atoms with Gasteiger partial charge in [-0.15, -0.1) is 10.2 Å². The second-order valence-corrected chi connectivity index (χ2v) is 7.06. The van der Waals surface area contributed by atoms with E-state index in [2.05, 4.69) is 15.5 Å². The van der Waals surface area contributed by atoms with Gasteiger partial charge in [0, 0.05) is 13.0 Å². The number of esters is 1. The van der Waals surface area contributed by atoms with Gasteiger partial charge in [-0.25, -0.2) is 0 Å². The number of hydrogen-bond acceptors (Lipinski definition) is 8. The monoisotopic (exact) mass is 337 g/mol. The molecule has 8 heteroatoms. The summed E-state index contributed by atoms with van der Waals surface area (Å²) in [7, 11) is 1.65. The number of rotatable bonds is 6. The van der Waals surface area contributed by atoms with Crippen molar-refractivity contribution in [3.8, 4) is 5.75 Å². The van der Waals surface area contributed by atoms with Crippen molar-refractivity contribution >= 4 is 34.2 Å². The fourth-order valence-electron chi connectivity index (χ4n) is 1.96. The van der Waals surface area contributed by atoms with Crippen LogP contribution in [0.2, 0.25) is 0 Å². The molecule has 1 aromatic heterocycles. The molecule has 0 saturated carbocycles. The first-order chi connectivity index (χ1) is 10.7. The Hall–Kier alpha value is -1.80. The number of aromatic nitrogens is 2. The Bertz CT molecular complexity index is 645. The molecule has 0 aliphatic carbocycles. The van der Waals surface area contributed by atoms with Crippen molar-refractivity contribution in [1.29, 1.82) is 0 Å². The molecule has 3 rings (SSSR count). The topological polar surface area (TPSA) is 73.3 Å². The highest BCUT2D eigenvalue weighted by molar-refractivity contribution is 8.02. The van der Waals surface area contributed by atoms with Crippen LogP contribution in [0.15, 0.2) is 28.6 Å². The molecule has 0 amide bonds. The molecular weight excluding hydrogens is 322 g/mol. The molecule has 6 nitrogen and oxygen atoms in total. The minimum absolute atomic E-state index is 0.151. The number of nitrogens with zero attached hydrogens (tertiary/aromatic N) is 2. The Morgan fingerprint density at radius 3 is 2.91 bits per heavy atom. The van der Waals surface area contributed by atoms with E-state index in [1.165, 1.54) is 23.1 Å². The molecule has 1 unspecified atom stereocenters. The number of methoxy groups -OCH3 is 1. The Morgan fingerprint density at radius 1 is 1.41 bits per heavy atom. The van der Waals surface area contributed by atoms with Gasteiger partial charge >= 0.3 is 5.97 Å². The van der Waals surface area contributed by atoms with Crippen LogP contribution < -0.4 is 10.1 Å². The lowest BCUT2D eigenvalue weighted by Gasteiger charge is -2.04. The van der Waals surface area contributed by atoms with Crippen LogP contribution in [-0.2, 0) is 16.1 Å². The van der Waals surface area contributed by atoms with E-state index in [1.54, 1.807) is 7.11 Å². The summed E-state index contributed by atoms with van der Waals surface area (Å²) < 4.78 is 10.8. The molecule has 116 valence electrons. The molecule has 2 heterocycles. The predicted molar refractivity (Wildman–Crippen MR) is 85.5 cm³/mol. The number of cyclic esters (lactones) is 1. The van der Waals surface area contributed by atoms with Gasteiger partial charge in [-0.1, -0.05) is 35.2 Å². The number of hydrogen-bond donors (Lipinski definition) is 1. The SMILES string of the molecule is COc1ccc(CNc2nnc(SC3CCOC3=O)s2)cc1. The zero-order valence-corrected chi connectivity index (χ0v) is 13.6. The molecule has 1 fully saturated rings. The predicted octanol–water partition coefficient (Wildman–Crippen LogP) is 2.57. The van der Waals surface area contributed by atoms with Crippen molar-refractivity contribution in [2.75, 3.05) is 19.0 Å². The highest BCUT2D eigenvalue weighted by atomic mass is 32.2. The average molecular weight is 337 g/mol. The van der Waals surface area contributed by atoms with E-state index in [0.717, 1.165) is 27.2 Å². The number of nitrogens with one attached hydrogen (secondary N) is 1. The van der Waals surface area contributed by atoms with Crippen molar-refractivity contribution in [3.63, 3.8) is 0 Å². The van der Waals surface area contributed by atoms with E-state index in [9.17, 15) is 4.79 Å². The largest absolute Gasteiger partial charge is 0.497 e. The third kappa shape index (κ3) is 3.69. The van der Waals surface area contributed by atoms with Crippen LogP contribution in [0.1, 0.15) is 12.0 Å². The van der Waals surface area contributed by atoms with Gasteiger partial charge in [-0.05, 0) is 17.7 Å². The van der Waals surface area contributed by atoms with Crippen LogP contribution in [0.5, 0.6) is 5.75 Å². The number of carbonyl (C=O) groups is 1. The molecular formula is C14H15N3O3S2. The van der Waals surface area contributed by atoms with Crippen molar-refractivity contribution in [3.05, 3.63) is 29.8 Å². The summed E-state index contributed by atoms with van der Waals surface area (Å²) in [5, 5.41) is 12.0. The Balaban J connectivity index is 1.53. The van der Waals surface area contributed by atoms with E-state index in [0.29, 0.717) is 13.2 Å². The van der Waals surface area contributed by atoms with Crippen LogP contribution >= 0.6 is 23.1 Å². The molecule has 1 aliphatic heterocycles. The fourth-order valence-corrected chi connectivity index (χ4v) is 3.92. The van der Waals surface area contributed by atoms with Crippen molar-refractivity contribution in [2.24, 2.45) is 0 Å². The first-order valence-electron chi connectivity index (χ1n) is 6.78. The van der Waals surface area contributed by atoms with Crippen molar-refractivity contribution in [2.45, 2.75) is 22.6 Å². The van der Waals surface area contributed by atoms with Crippen LogP contribution in [0.3, 0.4) is 0 Å². The quantitative estimate of drug-likeness (QED) is 0.812. The van der Waals surface area contributed by atoms with E-state index >= 15 is 0 Å². The van der Waals surface area contributed by atoms with Crippen molar-refractivity contribution in [1.82, 2.24) is 10.2 Å². The second kappa shape index (κ2) is 6.97. The lowest BCUT2D eigenvalue weighted by molar-refractivity contribution is -0.137. The number of ether oxygens (including phenoxy) is 2. The molecule has 1 aliphatic rings. The fraction of sp³-hybridized carbons (Fsp3) is 0.357. The van der Waals surface area contributed by atoms with Crippen LogP contribution in [0, 0.1) is 0 Å². The van der Waals surface area contributed by atoms with E-state index in [-0.39, 0.29) is 11.2 Å². The number of benzene rings is 1. The Kier molecular flexibility index (Phi) is 4.79. The zero-order valence-electron chi connectivity index (χ0n) is 11.9. The van der Waals surface area contributed by atoms with Gasteiger partial charge in [0.05, 0.1) is 13.7 Å². The molecule has 22 heavy (non-hydrogen) atoms. The maximum atomic E-state index is 11.4. The first kappa shape index (κ1) is 15.1. The summed E-state index contributed by atoms with van der Waals surface area (Å²) in [6, 6.07) is 7.84. The summed E-state index contributed by atoms with van der Waals surface area (Å²) in [6.45, 7) is 1.16. The number of anilines is 1. The maximum Gasteiger partial charge on any atom is 0.319 e. The van der Waals surface area contributed by atoms with Gasteiger partial charge in [0.2, 0.25) is 5.13 Å². The number of thioether (sulfide) groups is 1. The Labute approximate surface area is 136 Å². The normalized spacial score (nSPS) is 17.3. The van der Waals surface area contributed by atoms with Crippen molar-refractivity contribution < 1.29 is 14.3 Å². The van der Waals surface area contributed by atoms with Crippen LogP contribution in [0.25, 0.3) is 0 Å². The zero-order chi connectivity index (χ0) is 15.4. The smallest absolute Gasteiger partial charge is 0.319 e.